The Kier molecular flexibility index (Phi) is 6.41. The lowest BCUT2D eigenvalue weighted by Gasteiger charge is -2.39. The Morgan fingerprint density at radius 1 is 1.07 bits per heavy atom. The largest absolute Gasteiger partial charge is 0.481 e. The minimum absolute atomic E-state index is 0.00289. The monoisotopic (exact) mass is 384 g/mol. The summed E-state index contributed by atoms with van der Waals surface area (Å²) in [4.78, 5) is 27.7. The first kappa shape index (κ1) is 20.0. The number of aryl methyl sites for hydroxylation is 1. The second-order valence-corrected chi connectivity index (χ2v) is 7.20. The molecule has 5 nitrogen and oxygen atoms in total. The normalized spacial score (nSPS) is 16.0. The molecule has 1 fully saturated rings. The summed E-state index contributed by atoms with van der Waals surface area (Å²) >= 11 is 0. The standard InChI is InChI=1S/C22H25FN2O3/c1-16-5-7-17(8-6-16)20(9-10-21(26)27)24-11-13-25(14-12-24)22(28)18-3-2-4-19(23)15-18/h2-8,15,20H,9-14H2,1H3,(H,26,27)/t20-/m0/s1. The smallest absolute Gasteiger partial charge is 0.303 e. The van der Waals surface area contributed by atoms with Crippen LogP contribution in [0.2, 0.25) is 0 Å². The highest BCUT2D eigenvalue weighted by Gasteiger charge is 2.28. The van der Waals surface area contributed by atoms with Gasteiger partial charge in [-0.3, -0.25) is 14.5 Å². The molecular formula is C22H25FN2O3. The number of amides is 1. The van der Waals surface area contributed by atoms with Gasteiger partial charge in [-0.2, -0.15) is 0 Å². The second-order valence-electron chi connectivity index (χ2n) is 7.20. The molecule has 0 saturated carbocycles. The summed E-state index contributed by atoms with van der Waals surface area (Å²) in [6.07, 6.45) is 0.622. The number of aliphatic carboxylic acids is 1. The van der Waals surface area contributed by atoms with Gasteiger partial charge in [0.15, 0.2) is 0 Å². The van der Waals surface area contributed by atoms with Gasteiger partial charge < -0.3 is 10.0 Å². The van der Waals surface area contributed by atoms with Crippen molar-refractivity contribution in [3.8, 4) is 0 Å². The Hall–Kier alpha value is -2.73. The first-order chi connectivity index (χ1) is 13.4. The summed E-state index contributed by atoms with van der Waals surface area (Å²) in [5.74, 6) is -1.40. The molecule has 1 atom stereocenters. The molecule has 1 N–H and O–H groups in total. The van der Waals surface area contributed by atoms with Crippen LogP contribution in [0.1, 0.15) is 40.4 Å². The Bertz CT molecular complexity index is 830. The molecule has 0 radical (unpaired) electrons. The van der Waals surface area contributed by atoms with E-state index < -0.39 is 11.8 Å². The van der Waals surface area contributed by atoms with Gasteiger partial charge in [-0.15, -0.1) is 0 Å². The second kappa shape index (κ2) is 8.97. The molecular weight excluding hydrogens is 359 g/mol. The van der Waals surface area contributed by atoms with E-state index in [4.69, 9.17) is 5.11 Å². The molecule has 0 spiro atoms. The van der Waals surface area contributed by atoms with Gasteiger partial charge in [-0.05, 0) is 37.1 Å². The van der Waals surface area contributed by atoms with Crippen LogP contribution in [0.25, 0.3) is 0 Å². The van der Waals surface area contributed by atoms with E-state index in [-0.39, 0.29) is 18.4 Å². The fourth-order valence-electron chi connectivity index (χ4n) is 3.65. The van der Waals surface area contributed by atoms with Gasteiger partial charge in [-0.1, -0.05) is 35.9 Å². The summed E-state index contributed by atoms with van der Waals surface area (Å²) in [7, 11) is 0. The van der Waals surface area contributed by atoms with Gasteiger partial charge in [0.05, 0.1) is 0 Å². The van der Waals surface area contributed by atoms with Gasteiger partial charge in [0.2, 0.25) is 0 Å². The van der Waals surface area contributed by atoms with E-state index in [0.717, 1.165) is 11.1 Å². The van der Waals surface area contributed by atoms with E-state index in [0.29, 0.717) is 38.2 Å². The van der Waals surface area contributed by atoms with Crippen molar-refractivity contribution < 1.29 is 19.1 Å². The third-order valence-corrected chi connectivity index (χ3v) is 5.21. The molecule has 148 valence electrons. The SMILES string of the molecule is Cc1ccc([C@H](CCC(=O)O)N2CCN(C(=O)c3cccc(F)c3)CC2)cc1. The van der Waals surface area contributed by atoms with Crippen LogP contribution in [-0.2, 0) is 4.79 Å². The quantitative estimate of drug-likeness (QED) is 0.828. The van der Waals surface area contributed by atoms with Gasteiger partial charge in [0.25, 0.3) is 5.91 Å². The van der Waals surface area contributed by atoms with E-state index in [2.05, 4.69) is 4.90 Å². The summed E-state index contributed by atoms with van der Waals surface area (Å²) in [5, 5.41) is 9.11. The molecule has 0 aliphatic carbocycles. The van der Waals surface area contributed by atoms with Crippen LogP contribution >= 0.6 is 0 Å². The van der Waals surface area contributed by atoms with Gasteiger partial charge in [0.1, 0.15) is 5.82 Å². The van der Waals surface area contributed by atoms with E-state index >= 15 is 0 Å². The molecule has 3 rings (SSSR count). The van der Waals surface area contributed by atoms with E-state index in [1.54, 1.807) is 11.0 Å². The zero-order chi connectivity index (χ0) is 20.1. The number of carbonyl (C=O) groups excluding carboxylic acids is 1. The number of rotatable bonds is 6. The average molecular weight is 384 g/mol. The molecule has 1 amide bonds. The number of carbonyl (C=O) groups is 2. The Morgan fingerprint density at radius 3 is 2.36 bits per heavy atom. The molecule has 6 heteroatoms. The third-order valence-electron chi connectivity index (χ3n) is 5.21. The number of piperazine rings is 1. The van der Waals surface area contributed by atoms with Crippen LogP contribution in [0.15, 0.2) is 48.5 Å². The van der Waals surface area contributed by atoms with Crippen molar-refractivity contribution in [3.63, 3.8) is 0 Å². The van der Waals surface area contributed by atoms with Crippen molar-refractivity contribution in [1.82, 2.24) is 9.80 Å². The lowest BCUT2D eigenvalue weighted by atomic mass is 9.98. The number of halogens is 1. The molecule has 2 aromatic carbocycles. The lowest BCUT2D eigenvalue weighted by Crippen LogP contribution is -2.49. The van der Waals surface area contributed by atoms with Crippen LogP contribution < -0.4 is 0 Å². The van der Waals surface area contributed by atoms with Crippen molar-refractivity contribution >= 4 is 11.9 Å². The first-order valence-corrected chi connectivity index (χ1v) is 9.51. The van der Waals surface area contributed by atoms with Gasteiger partial charge in [0, 0.05) is 44.2 Å². The van der Waals surface area contributed by atoms with Gasteiger partial charge >= 0.3 is 5.97 Å². The predicted molar refractivity (Wildman–Crippen MR) is 105 cm³/mol. The highest BCUT2D eigenvalue weighted by Crippen LogP contribution is 2.27. The van der Waals surface area contributed by atoms with Crippen molar-refractivity contribution in [2.24, 2.45) is 0 Å². The molecule has 1 aliphatic rings. The van der Waals surface area contributed by atoms with Crippen molar-refractivity contribution in [2.75, 3.05) is 26.2 Å². The van der Waals surface area contributed by atoms with E-state index in [9.17, 15) is 14.0 Å². The topological polar surface area (TPSA) is 60.9 Å². The Balaban J connectivity index is 1.68. The highest BCUT2D eigenvalue weighted by atomic mass is 19.1. The highest BCUT2D eigenvalue weighted by molar-refractivity contribution is 5.94. The fraction of sp³-hybridized carbons (Fsp3) is 0.364. The molecule has 1 saturated heterocycles. The fourth-order valence-corrected chi connectivity index (χ4v) is 3.65. The van der Waals surface area contributed by atoms with Crippen molar-refractivity contribution in [1.29, 1.82) is 0 Å². The number of carboxylic acid groups (broad SMARTS) is 1. The third kappa shape index (κ3) is 4.95. The maximum absolute atomic E-state index is 13.4. The minimum atomic E-state index is -0.808. The molecule has 28 heavy (non-hydrogen) atoms. The van der Waals surface area contributed by atoms with Crippen molar-refractivity contribution in [3.05, 3.63) is 71.0 Å². The van der Waals surface area contributed by atoms with Crippen LogP contribution in [0, 0.1) is 12.7 Å². The molecule has 0 aromatic heterocycles. The maximum Gasteiger partial charge on any atom is 0.303 e. The molecule has 0 unspecified atom stereocenters. The summed E-state index contributed by atoms with van der Waals surface area (Å²) < 4.78 is 13.4. The number of hydrogen-bond donors (Lipinski definition) is 1. The molecule has 0 bridgehead atoms. The summed E-state index contributed by atoms with van der Waals surface area (Å²) in [5.41, 5.74) is 2.61. The average Bonchev–Trinajstić information content (AvgIpc) is 2.69. The van der Waals surface area contributed by atoms with Gasteiger partial charge in [-0.25, -0.2) is 4.39 Å². The van der Waals surface area contributed by atoms with Crippen LogP contribution in [0.4, 0.5) is 4.39 Å². The zero-order valence-corrected chi connectivity index (χ0v) is 16.0. The molecule has 1 aliphatic heterocycles. The molecule has 1 heterocycles. The first-order valence-electron chi connectivity index (χ1n) is 9.51. The number of nitrogens with zero attached hydrogens (tertiary/aromatic N) is 2. The number of carboxylic acids is 1. The summed E-state index contributed by atoms with van der Waals surface area (Å²) in [6, 6.07) is 13.9. The van der Waals surface area contributed by atoms with E-state index in [1.165, 1.54) is 18.2 Å². The molecule has 2 aromatic rings. The number of hydrogen-bond acceptors (Lipinski definition) is 3. The minimum Gasteiger partial charge on any atom is -0.481 e. The lowest BCUT2D eigenvalue weighted by molar-refractivity contribution is -0.137. The predicted octanol–water partition coefficient (Wildman–Crippen LogP) is 3.50. The number of benzene rings is 2. The Labute approximate surface area is 164 Å². The van der Waals surface area contributed by atoms with Crippen LogP contribution in [0.5, 0.6) is 0 Å². The van der Waals surface area contributed by atoms with Crippen LogP contribution in [0.3, 0.4) is 0 Å². The summed E-state index contributed by atoms with van der Waals surface area (Å²) in [6.45, 7) is 4.39. The van der Waals surface area contributed by atoms with E-state index in [1.807, 2.05) is 31.2 Å². The van der Waals surface area contributed by atoms with Crippen LogP contribution in [-0.4, -0.2) is 53.0 Å². The van der Waals surface area contributed by atoms with Crippen molar-refractivity contribution in [2.45, 2.75) is 25.8 Å². The maximum atomic E-state index is 13.4. The Morgan fingerprint density at radius 2 is 1.75 bits per heavy atom. The zero-order valence-electron chi connectivity index (χ0n) is 16.0.